The van der Waals surface area contributed by atoms with Gasteiger partial charge < -0.3 is 15.0 Å². The molecule has 1 aromatic carbocycles. The molecule has 17 heavy (non-hydrogen) atoms. The first-order chi connectivity index (χ1) is 8.22. The summed E-state index contributed by atoms with van der Waals surface area (Å²) in [6.07, 6.45) is 0. The first kappa shape index (κ1) is 11.9. The van der Waals surface area contributed by atoms with Crippen molar-refractivity contribution in [3.8, 4) is 5.75 Å². The quantitative estimate of drug-likeness (QED) is 0.834. The topological polar surface area (TPSA) is 41.6 Å². The second-order valence-electron chi connectivity index (χ2n) is 4.28. The molecule has 0 aliphatic carbocycles. The molecule has 1 aromatic rings. The minimum absolute atomic E-state index is 0.0814. The van der Waals surface area contributed by atoms with Crippen LogP contribution >= 0.6 is 0 Å². The molecule has 1 amide bonds. The van der Waals surface area contributed by atoms with Gasteiger partial charge in [0.1, 0.15) is 5.75 Å². The van der Waals surface area contributed by atoms with E-state index in [0.29, 0.717) is 5.56 Å². The van der Waals surface area contributed by atoms with Gasteiger partial charge in [0.25, 0.3) is 5.91 Å². The Balaban J connectivity index is 2.17. The Morgan fingerprint density at radius 1 is 1.53 bits per heavy atom. The fraction of sp³-hybridized carbons (Fsp3) is 0.462. The van der Waals surface area contributed by atoms with Gasteiger partial charge in [-0.3, -0.25) is 4.79 Å². The number of benzene rings is 1. The average molecular weight is 234 g/mol. The van der Waals surface area contributed by atoms with E-state index in [4.69, 9.17) is 4.74 Å². The van der Waals surface area contributed by atoms with E-state index in [2.05, 4.69) is 12.2 Å². The summed E-state index contributed by atoms with van der Waals surface area (Å²) in [7, 11) is 1.61. The summed E-state index contributed by atoms with van der Waals surface area (Å²) in [6.45, 7) is 4.54. The molecule has 1 fully saturated rings. The third-order valence-electron chi connectivity index (χ3n) is 3.08. The Morgan fingerprint density at radius 2 is 2.35 bits per heavy atom. The van der Waals surface area contributed by atoms with Crippen molar-refractivity contribution >= 4 is 5.91 Å². The highest BCUT2D eigenvalue weighted by molar-refractivity contribution is 5.94. The summed E-state index contributed by atoms with van der Waals surface area (Å²) in [5, 5.41) is 3.27. The lowest BCUT2D eigenvalue weighted by Gasteiger charge is -2.34. The highest BCUT2D eigenvalue weighted by Gasteiger charge is 2.23. The molecule has 1 atom stereocenters. The summed E-state index contributed by atoms with van der Waals surface area (Å²) in [6, 6.07) is 7.55. The van der Waals surface area contributed by atoms with Gasteiger partial charge in [-0.2, -0.15) is 0 Å². The van der Waals surface area contributed by atoms with Gasteiger partial charge in [0.2, 0.25) is 0 Å². The number of carbonyl (C=O) groups is 1. The number of carbonyl (C=O) groups excluding carboxylic acids is 1. The number of nitrogens with one attached hydrogen (secondary N) is 1. The second kappa shape index (κ2) is 5.19. The smallest absolute Gasteiger partial charge is 0.254 e. The van der Waals surface area contributed by atoms with Crippen molar-refractivity contribution in [2.24, 2.45) is 0 Å². The SMILES string of the molecule is COc1cccc(C(=O)N2CCNC[C@H]2C)c1. The zero-order chi connectivity index (χ0) is 12.3. The number of ether oxygens (including phenoxy) is 1. The molecule has 0 bridgehead atoms. The Labute approximate surface area is 102 Å². The van der Waals surface area contributed by atoms with Gasteiger partial charge in [-0.15, -0.1) is 0 Å². The van der Waals surface area contributed by atoms with Crippen LogP contribution < -0.4 is 10.1 Å². The van der Waals surface area contributed by atoms with Gasteiger partial charge in [0.05, 0.1) is 7.11 Å². The number of hydrogen-bond acceptors (Lipinski definition) is 3. The normalized spacial score (nSPS) is 20.1. The molecular formula is C13H18N2O2. The van der Waals surface area contributed by atoms with Crippen LogP contribution in [-0.2, 0) is 0 Å². The molecule has 1 N–H and O–H groups in total. The second-order valence-corrected chi connectivity index (χ2v) is 4.28. The van der Waals surface area contributed by atoms with Crippen LogP contribution in [0.5, 0.6) is 5.75 Å². The van der Waals surface area contributed by atoms with Crippen molar-refractivity contribution in [3.05, 3.63) is 29.8 Å². The molecule has 0 spiro atoms. The van der Waals surface area contributed by atoms with Crippen LogP contribution in [0.25, 0.3) is 0 Å². The molecule has 92 valence electrons. The zero-order valence-electron chi connectivity index (χ0n) is 10.3. The average Bonchev–Trinajstić information content (AvgIpc) is 2.38. The van der Waals surface area contributed by atoms with Crippen molar-refractivity contribution in [1.29, 1.82) is 0 Å². The maximum atomic E-state index is 12.3. The van der Waals surface area contributed by atoms with E-state index < -0.39 is 0 Å². The van der Waals surface area contributed by atoms with E-state index in [0.717, 1.165) is 25.4 Å². The Hall–Kier alpha value is -1.55. The maximum Gasteiger partial charge on any atom is 0.254 e. The summed E-state index contributed by atoms with van der Waals surface area (Å²) >= 11 is 0. The number of amides is 1. The van der Waals surface area contributed by atoms with Crippen LogP contribution in [-0.4, -0.2) is 43.6 Å². The van der Waals surface area contributed by atoms with Gasteiger partial charge in [0.15, 0.2) is 0 Å². The van der Waals surface area contributed by atoms with E-state index >= 15 is 0 Å². The molecular weight excluding hydrogens is 216 g/mol. The number of nitrogens with zero attached hydrogens (tertiary/aromatic N) is 1. The first-order valence-electron chi connectivity index (χ1n) is 5.88. The largest absolute Gasteiger partial charge is 0.497 e. The molecule has 0 unspecified atom stereocenters. The van der Waals surface area contributed by atoms with Crippen molar-refractivity contribution in [2.75, 3.05) is 26.7 Å². The molecule has 4 heteroatoms. The van der Waals surface area contributed by atoms with Gasteiger partial charge in [0, 0.05) is 31.2 Å². The Bertz CT molecular complexity index is 406. The third-order valence-corrected chi connectivity index (χ3v) is 3.08. The standard InChI is InChI=1S/C13H18N2O2/c1-10-9-14-6-7-15(10)13(16)11-4-3-5-12(8-11)17-2/h3-5,8,10,14H,6-7,9H2,1-2H3/t10-/m1/s1. The predicted octanol–water partition coefficient (Wildman–Crippen LogP) is 1.13. The van der Waals surface area contributed by atoms with Gasteiger partial charge in [-0.1, -0.05) is 6.07 Å². The van der Waals surface area contributed by atoms with E-state index in [1.807, 2.05) is 23.1 Å². The molecule has 0 aromatic heterocycles. The van der Waals surface area contributed by atoms with Gasteiger partial charge in [-0.05, 0) is 25.1 Å². The van der Waals surface area contributed by atoms with Crippen LogP contribution in [0.15, 0.2) is 24.3 Å². The lowest BCUT2D eigenvalue weighted by atomic mass is 10.1. The van der Waals surface area contributed by atoms with Crippen molar-refractivity contribution in [3.63, 3.8) is 0 Å². The third kappa shape index (κ3) is 2.58. The van der Waals surface area contributed by atoms with E-state index in [1.165, 1.54) is 0 Å². The van der Waals surface area contributed by atoms with E-state index in [-0.39, 0.29) is 11.9 Å². The highest BCUT2D eigenvalue weighted by Crippen LogP contribution is 2.16. The zero-order valence-corrected chi connectivity index (χ0v) is 10.3. The van der Waals surface area contributed by atoms with Crippen LogP contribution in [0, 0.1) is 0 Å². The van der Waals surface area contributed by atoms with Crippen LogP contribution in [0.2, 0.25) is 0 Å². The molecule has 0 radical (unpaired) electrons. The number of piperazine rings is 1. The van der Waals surface area contributed by atoms with Crippen molar-refractivity contribution in [1.82, 2.24) is 10.2 Å². The minimum Gasteiger partial charge on any atom is -0.497 e. The summed E-state index contributed by atoms with van der Waals surface area (Å²) < 4.78 is 5.14. The predicted molar refractivity (Wildman–Crippen MR) is 66.4 cm³/mol. The van der Waals surface area contributed by atoms with Crippen LogP contribution in [0.1, 0.15) is 17.3 Å². The fourth-order valence-electron chi connectivity index (χ4n) is 2.06. The van der Waals surface area contributed by atoms with Crippen LogP contribution in [0.4, 0.5) is 0 Å². The molecule has 4 nitrogen and oxygen atoms in total. The molecule has 1 aliphatic rings. The molecule has 0 saturated carbocycles. The molecule has 2 rings (SSSR count). The van der Waals surface area contributed by atoms with Gasteiger partial charge in [-0.25, -0.2) is 0 Å². The summed E-state index contributed by atoms with van der Waals surface area (Å²) in [4.78, 5) is 14.2. The van der Waals surface area contributed by atoms with E-state index in [1.54, 1.807) is 13.2 Å². The Morgan fingerprint density at radius 3 is 3.06 bits per heavy atom. The molecule has 1 aliphatic heterocycles. The minimum atomic E-state index is 0.0814. The maximum absolute atomic E-state index is 12.3. The lowest BCUT2D eigenvalue weighted by Crippen LogP contribution is -2.52. The van der Waals surface area contributed by atoms with Gasteiger partial charge >= 0.3 is 0 Å². The fourth-order valence-corrected chi connectivity index (χ4v) is 2.06. The highest BCUT2D eigenvalue weighted by atomic mass is 16.5. The molecule has 1 heterocycles. The van der Waals surface area contributed by atoms with E-state index in [9.17, 15) is 4.79 Å². The Kier molecular flexibility index (Phi) is 3.64. The monoisotopic (exact) mass is 234 g/mol. The summed E-state index contributed by atoms with van der Waals surface area (Å²) in [5.41, 5.74) is 0.693. The van der Waals surface area contributed by atoms with Crippen LogP contribution in [0.3, 0.4) is 0 Å². The van der Waals surface area contributed by atoms with Crippen molar-refractivity contribution in [2.45, 2.75) is 13.0 Å². The number of hydrogen-bond donors (Lipinski definition) is 1. The van der Waals surface area contributed by atoms with Crippen molar-refractivity contribution < 1.29 is 9.53 Å². The summed E-state index contributed by atoms with van der Waals surface area (Å²) in [5.74, 6) is 0.802. The first-order valence-corrected chi connectivity index (χ1v) is 5.88. The molecule has 1 saturated heterocycles. The lowest BCUT2D eigenvalue weighted by molar-refractivity contribution is 0.0655. The number of methoxy groups -OCH3 is 1. The number of rotatable bonds is 2.